The molecule has 0 radical (unpaired) electrons. The number of hydrogen-bond donors (Lipinski definition) is 1. The number of aromatic nitrogens is 3. The van der Waals surface area contributed by atoms with Crippen LogP contribution in [0.15, 0.2) is 6.33 Å². The summed E-state index contributed by atoms with van der Waals surface area (Å²) >= 11 is 0. The van der Waals surface area contributed by atoms with Crippen LogP contribution >= 0.6 is 0 Å². The molecule has 1 aromatic heterocycles. The van der Waals surface area contributed by atoms with E-state index in [4.69, 9.17) is 0 Å². The number of nitrogens with zero attached hydrogens (tertiary/aromatic N) is 3. The molecule has 0 saturated heterocycles. The Balaban J connectivity index is 2.77. The highest BCUT2D eigenvalue weighted by molar-refractivity contribution is 4.91. The highest BCUT2D eigenvalue weighted by Gasteiger charge is 2.18. The first kappa shape index (κ1) is 9.19. The zero-order valence-electron chi connectivity index (χ0n) is 7.73. The van der Waals surface area contributed by atoms with Crippen molar-refractivity contribution < 1.29 is 5.11 Å². The molecule has 0 saturated carbocycles. The van der Waals surface area contributed by atoms with Crippen LogP contribution < -0.4 is 0 Å². The topological polar surface area (TPSA) is 50.9 Å². The lowest BCUT2D eigenvalue weighted by molar-refractivity contribution is 0.103. The van der Waals surface area contributed by atoms with Crippen molar-refractivity contribution >= 4 is 0 Å². The second-order valence-corrected chi connectivity index (χ2v) is 3.13. The number of aliphatic hydroxyl groups excluding tert-OH is 1. The first-order valence-electron chi connectivity index (χ1n) is 4.18. The fourth-order valence-electron chi connectivity index (χ4n) is 1.04. The summed E-state index contributed by atoms with van der Waals surface area (Å²) in [5, 5.41) is 17.3. The van der Waals surface area contributed by atoms with E-state index in [9.17, 15) is 5.11 Å². The summed E-state index contributed by atoms with van der Waals surface area (Å²) in [5.41, 5.74) is 0. The molecule has 4 nitrogen and oxygen atoms in total. The third-order valence-electron chi connectivity index (χ3n) is 2.19. The smallest absolute Gasteiger partial charge is 0.161 e. The summed E-state index contributed by atoms with van der Waals surface area (Å²) in [6, 6.07) is 0. The van der Waals surface area contributed by atoms with Crippen LogP contribution in [0.3, 0.4) is 0 Å². The van der Waals surface area contributed by atoms with Crippen molar-refractivity contribution in [3.05, 3.63) is 12.2 Å². The molecule has 2 atom stereocenters. The molecule has 2 unspecified atom stereocenters. The Morgan fingerprint density at radius 3 is 2.75 bits per heavy atom. The van der Waals surface area contributed by atoms with Gasteiger partial charge >= 0.3 is 0 Å². The van der Waals surface area contributed by atoms with Crippen LogP contribution in [-0.2, 0) is 7.05 Å². The zero-order valence-corrected chi connectivity index (χ0v) is 7.73. The van der Waals surface area contributed by atoms with E-state index in [1.807, 2.05) is 20.9 Å². The van der Waals surface area contributed by atoms with Gasteiger partial charge in [0, 0.05) is 7.05 Å². The zero-order chi connectivity index (χ0) is 9.14. The van der Waals surface area contributed by atoms with Gasteiger partial charge in [-0.2, -0.15) is 0 Å². The third-order valence-corrected chi connectivity index (χ3v) is 2.19. The van der Waals surface area contributed by atoms with Gasteiger partial charge in [0.15, 0.2) is 5.82 Å². The minimum Gasteiger partial charge on any atom is -0.385 e. The van der Waals surface area contributed by atoms with Crippen LogP contribution in [0.4, 0.5) is 0 Å². The van der Waals surface area contributed by atoms with E-state index in [2.05, 4.69) is 10.2 Å². The molecule has 1 rings (SSSR count). The van der Waals surface area contributed by atoms with E-state index in [-0.39, 0.29) is 5.92 Å². The number of hydrogen-bond acceptors (Lipinski definition) is 3. The van der Waals surface area contributed by atoms with Crippen LogP contribution in [0.1, 0.15) is 32.2 Å². The normalized spacial score (nSPS) is 16.0. The standard InChI is InChI=1S/C8H15N3O/c1-4-6(2)7(12)8-10-9-5-11(8)3/h5-7,12H,4H2,1-3H3. The maximum Gasteiger partial charge on any atom is 0.161 e. The van der Waals surface area contributed by atoms with Gasteiger partial charge in [-0.3, -0.25) is 0 Å². The Labute approximate surface area is 72.2 Å². The van der Waals surface area contributed by atoms with Crippen molar-refractivity contribution in [3.8, 4) is 0 Å². The third kappa shape index (κ3) is 1.64. The molecule has 68 valence electrons. The molecule has 0 bridgehead atoms. The molecule has 1 aromatic rings. The molecule has 0 aliphatic rings. The lowest BCUT2D eigenvalue weighted by Crippen LogP contribution is -2.13. The highest BCUT2D eigenvalue weighted by Crippen LogP contribution is 2.21. The first-order chi connectivity index (χ1) is 5.66. The summed E-state index contributed by atoms with van der Waals surface area (Å²) in [4.78, 5) is 0. The van der Waals surface area contributed by atoms with Crippen molar-refractivity contribution in [2.24, 2.45) is 13.0 Å². The average Bonchev–Trinajstić information content (AvgIpc) is 2.48. The van der Waals surface area contributed by atoms with Crippen LogP contribution in [0.2, 0.25) is 0 Å². The molecule has 4 heteroatoms. The van der Waals surface area contributed by atoms with Gasteiger partial charge in [0.25, 0.3) is 0 Å². The predicted octanol–water partition coefficient (Wildman–Crippen LogP) is 0.895. The SMILES string of the molecule is CCC(C)C(O)c1nncn1C. The van der Waals surface area contributed by atoms with Crippen LogP contribution in [-0.4, -0.2) is 19.9 Å². The van der Waals surface area contributed by atoms with Gasteiger partial charge in [-0.1, -0.05) is 20.3 Å². The molecule has 0 aliphatic heterocycles. The summed E-state index contributed by atoms with van der Waals surface area (Å²) < 4.78 is 1.75. The van der Waals surface area contributed by atoms with Crippen molar-refractivity contribution in [2.75, 3.05) is 0 Å². The summed E-state index contributed by atoms with van der Waals surface area (Å²) in [6.45, 7) is 4.05. The monoisotopic (exact) mass is 169 g/mol. The van der Waals surface area contributed by atoms with Crippen LogP contribution in [0.5, 0.6) is 0 Å². The highest BCUT2D eigenvalue weighted by atomic mass is 16.3. The molecule has 1 heterocycles. The van der Waals surface area contributed by atoms with Crippen molar-refractivity contribution in [1.82, 2.24) is 14.8 Å². The number of aliphatic hydroxyl groups is 1. The second kappa shape index (κ2) is 3.67. The molecule has 0 aromatic carbocycles. The number of aryl methyl sites for hydroxylation is 1. The number of rotatable bonds is 3. The molecule has 1 N–H and O–H groups in total. The largest absolute Gasteiger partial charge is 0.385 e. The van der Waals surface area contributed by atoms with Crippen molar-refractivity contribution in [1.29, 1.82) is 0 Å². The lowest BCUT2D eigenvalue weighted by atomic mass is 10.0. The Hall–Kier alpha value is -0.900. The van der Waals surface area contributed by atoms with E-state index in [1.165, 1.54) is 0 Å². The maximum absolute atomic E-state index is 9.74. The molecule has 0 aliphatic carbocycles. The fourth-order valence-corrected chi connectivity index (χ4v) is 1.04. The molecular formula is C8H15N3O. The fraction of sp³-hybridized carbons (Fsp3) is 0.750. The van der Waals surface area contributed by atoms with Gasteiger partial charge < -0.3 is 9.67 Å². The second-order valence-electron chi connectivity index (χ2n) is 3.13. The maximum atomic E-state index is 9.74. The quantitative estimate of drug-likeness (QED) is 0.731. The van der Waals surface area contributed by atoms with E-state index < -0.39 is 6.10 Å². The minimum absolute atomic E-state index is 0.230. The van der Waals surface area contributed by atoms with E-state index in [0.717, 1.165) is 6.42 Å². The van der Waals surface area contributed by atoms with Crippen molar-refractivity contribution in [3.63, 3.8) is 0 Å². The van der Waals surface area contributed by atoms with E-state index in [1.54, 1.807) is 10.9 Å². The molecular weight excluding hydrogens is 154 g/mol. The van der Waals surface area contributed by atoms with Gasteiger partial charge in [-0.05, 0) is 5.92 Å². The van der Waals surface area contributed by atoms with Crippen LogP contribution in [0.25, 0.3) is 0 Å². The Bertz CT molecular complexity index is 246. The van der Waals surface area contributed by atoms with E-state index >= 15 is 0 Å². The van der Waals surface area contributed by atoms with Crippen LogP contribution in [0, 0.1) is 5.92 Å². The molecule has 0 spiro atoms. The van der Waals surface area contributed by atoms with Gasteiger partial charge in [0.2, 0.25) is 0 Å². The summed E-state index contributed by atoms with van der Waals surface area (Å²) in [6.07, 6.45) is 2.04. The van der Waals surface area contributed by atoms with Crippen molar-refractivity contribution in [2.45, 2.75) is 26.4 Å². The Morgan fingerprint density at radius 1 is 1.67 bits per heavy atom. The van der Waals surface area contributed by atoms with E-state index in [0.29, 0.717) is 5.82 Å². The van der Waals surface area contributed by atoms with Gasteiger partial charge in [-0.15, -0.1) is 10.2 Å². The lowest BCUT2D eigenvalue weighted by Gasteiger charge is -2.15. The Kier molecular flexibility index (Phi) is 2.81. The van der Waals surface area contributed by atoms with Gasteiger partial charge in [-0.25, -0.2) is 0 Å². The predicted molar refractivity (Wildman–Crippen MR) is 45.4 cm³/mol. The molecule has 0 amide bonds. The summed E-state index contributed by atoms with van der Waals surface area (Å²) in [5.74, 6) is 0.872. The summed E-state index contributed by atoms with van der Waals surface area (Å²) in [7, 11) is 1.83. The van der Waals surface area contributed by atoms with Gasteiger partial charge in [0.1, 0.15) is 12.4 Å². The first-order valence-corrected chi connectivity index (χ1v) is 4.18. The average molecular weight is 169 g/mol. The van der Waals surface area contributed by atoms with Gasteiger partial charge in [0.05, 0.1) is 0 Å². The molecule has 12 heavy (non-hydrogen) atoms. The Morgan fingerprint density at radius 2 is 2.33 bits per heavy atom. The molecule has 0 fully saturated rings. The minimum atomic E-state index is -0.498.